The lowest BCUT2D eigenvalue weighted by Gasteiger charge is -2.17. The van der Waals surface area contributed by atoms with E-state index in [2.05, 4.69) is 0 Å². The number of aliphatic carboxylic acids is 4. The van der Waals surface area contributed by atoms with Crippen LogP contribution in [-0.4, -0.2) is 68.2 Å². The van der Waals surface area contributed by atoms with Crippen molar-refractivity contribution in [2.75, 3.05) is 0 Å². The molecule has 0 aliphatic rings. The van der Waals surface area contributed by atoms with E-state index in [1.165, 1.54) is 6.92 Å². The maximum atomic E-state index is 11.8. The average molecular weight is 362 g/mol. The van der Waals surface area contributed by atoms with E-state index in [-0.39, 0.29) is 0 Å². The van der Waals surface area contributed by atoms with Gasteiger partial charge in [-0.2, -0.15) is 0 Å². The summed E-state index contributed by atoms with van der Waals surface area (Å²) in [4.78, 5) is 66.3. The smallest absolute Gasteiger partial charge is 0.326 e. The minimum absolute atomic E-state index is 0.547. The first-order valence-electron chi connectivity index (χ1n) is 6.93. The first-order chi connectivity index (χ1) is 11.4. The molecule has 0 rings (SSSR count). The molecule has 0 spiro atoms. The highest BCUT2D eigenvalue weighted by Crippen LogP contribution is 2.05. The summed E-state index contributed by atoms with van der Waals surface area (Å²) in [6.45, 7) is 1.24. The molecule has 2 amide bonds. The fourth-order valence-electron chi connectivity index (χ4n) is 1.69. The molecule has 12 nitrogen and oxygen atoms in total. The Balaban J connectivity index is 4.70. The van der Waals surface area contributed by atoms with Crippen molar-refractivity contribution in [1.82, 2.24) is 10.6 Å². The van der Waals surface area contributed by atoms with E-state index in [0.29, 0.717) is 0 Å². The van der Waals surface area contributed by atoms with E-state index < -0.39 is 73.0 Å². The maximum absolute atomic E-state index is 11.8. The number of nitrogens with one attached hydrogen (secondary N) is 2. The molecule has 0 radical (unpaired) electrons. The minimum Gasteiger partial charge on any atom is -0.481 e. The summed E-state index contributed by atoms with van der Waals surface area (Å²) in [6.07, 6.45) is -2.27. The Hall–Kier alpha value is -3.18. The average Bonchev–Trinajstić information content (AvgIpc) is 2.44. The van der Waals surface area contributed by atoms with Crippen molar-refractivity contribution in [2.45, 2.75) is 38.3 Å². The van der Waals surface area contributed by atoms with Gasteiger partial charge in [-0.15, -0.1) is 0 Å². The second kappa shape index (κ2) is 9.85. The highest BCUT2D eigenvalue weighted by atomic mass is 16.4. The van der Waals surface area contributed by atoms with Crippen molar-refractivity contribution in [3.63, 3.8) is 0 Å². The molecule has 3 atom stereocenters. The molecule has 0 heterocycles. The Morgan fingerprint density at radius 1 is 0.720 bits per heavy atom. The lowest BCUT2D eigenvalue weighted by atomic mass is 10.0. The molecule has 0 aromatic rings. The van der Waals surface area contributed by atoms with Gasteiger partial charge >= 0.3 is 23.9 Å². The normalized spacial score (nSPS) is 13.8. The van der Waals surface area contributed by atoms with Crippen molar-refractivity contribution in [3.05, 3.63) is 0 Å². The minimum atomic E-state index is -1.69. The Kier molecular flexibility index (Phi) is 8.59. The van der Waals surface area contributed by atoms with Crippen LogP contribution in [0.25, 0.3) is 0 Å². The third-order valence-electron chi connectivity index (χ3n) is 2.94. The fraction of sp³-hybridized carbons (Fsp3) is 0.538. The first-order valence-corrected chi connectivity index (χ1v) is 6.93. The predicted molar refractivity (Wildman–Crippen MR) is 77.4 cm³/mol. The Morgan fingerprint density at radius 3 is 1.48 bits per heavy atom. The third-order valence-corrected chi connectivity index (χ3v) is 2.94. The molecular formula is C13H18N2O10. The number of hydrogen-bond acceptors (Lipinski definition) is 6. The van der Waals surface area contributed by atoms with Crippen LogP contribution in [0.15, 0.2) is 0 Å². The van der Waals surface area contributed by atoms with E-state index in [0.717, 1.165) is 0 Å². The fourth-order valence-corrected chi connectivity index (χ4v) is 1.69. The summed E-state index contributed by atoms with van der Waals surface area (Å²) >= 11 is 0. The molecule has 6 N–H and O–H groups in total. The molecule has 0 aliphatic carbocycles. The summed E-state index contributed by atoms with van der Waals surface area (Å²) in [7, 11) is 0. The van der Waals surface area contributed by atoms with Crippen LogP contribution in [0.5, 0.6) is 0 Å². The van der Waals surface area contributed by atoms with Gasteiger partial charge in [0.25, 0.3) is 0 Å². The molecule has 0 saturated heterocycles. The van der Waals surface area contributed by atoms with Crippen LogP contribution in [0.4, 0.5) is 0 Å². The van der Waals surface area contributed by atoms with Gasteiger partial charge in [-0.1, -0.05) is 6.92 Å². The van der Waals surface area contributed by atoms with Crippen molar-refractivity contribution in [1.29, 1.82) is 0 Å². The summed E-state index contributed by atoms with van der Waals surface area (Å²) in [6, 6.07) is -3.37. The van der Waals surface area contributed by atoms with Gasteiger partial charge in [0.05, 0.1) is 12.8 Å². The van der Waals surface area contributed by atoms with Gasteiger partial charge in [-0.25, -0.2) is 9.59 Å². The van der Waals surface area contributed by atoms with Gasteiger partial charge in [-0.3, -0.25) is 19.2 Å². The van der Waals surface area contributed by atoms with E-state index in [1.54, 1.807) is 0 Å². The van der Waals surface area contributed by atoms with Gasteiger partial charge in [0.1, 0.15) is 12.1 Å². The molecule has 0 fully saturated rings. The number of carbonyl (C=O) groups is 6. The molecule has 0 aromatic carbocycles. The summed E-state index contributed by atoms with van der Waals surface area (Å²) in [5.41, 5.74) is 0. The second-order valence-corrected chi connectivity index (χ2v) is 5.16. The highest BCUT2D eigenvalue weighted by molar-refractivity contribution is 5.91. The van der Waals surface area contributed by atoms with Crippen LogP contribution < -0.4 is 10.6 Å². The molecule has 0 bridgehead atoms. The number of amides is 2. The zero-order chi connectivity index (χ0) is 19.7. The molecule has 12 heteroatoms. The van der Waals surface area contributed by atoms with Gasteiger partial charge in [-0.05, 0) is 0 Å². The topological polar surface area (TPSA) is 207 Å². The maximum Gasteiger partial charge on any atom is 0.326 e. The summed E-state index contributed by atoms with van der Waals surface area (Å²) in [5, 5.41) is 38.6. The molecule has 3 unspecified atom stereocenters. The standard InChI is InChI=1S/C13H18N2O10/c1-5(11(21)15-7(13(24)25)4-10(19)20)2-8(16)14-6(12(22)23)3-9(17)18/h5-7H,2-4H2,1H3,(H,14,16)(H,15,21)(H,17,18)(H,19,20)(H,22,23)(H,24,25). The van der Waals surface area contributed by atoms with Crippen molar-refractivity contribution < 1.29 is 49.2 Å². The quantitative estimate of drug-likeness (QED) is 0.240. The van der Waals surface area contributed by atoms with E-state index >= 15 is 0 Å². The van der Waals surface area contributed by atoms with Gasteiger partial charge in [0.2, 0.25) is 11.8 Å². The number of carboxylic acids is 4. The molecular weight excluding hydrogens is 344 g/mol. The number of carbonyl (C=O) groups excluding carboxylic acids is 2. The Morgan fingerprint density at radius 2 is 1.12 bits per heavy atom. The monoisotopic (exact) mass is 362 g/mol. The Labute approximate surface area is 140 Å². The number of rotatable bonds is 11. The number of carboxylic acid groups (broad SMARTS) is 4. The Bertz CT molecular complexity index is 573. The van der Waals surface area contributed by atoms with E-state index in [1.807, 2.05) is 10.6 Å². The van der Waals surface area contributed by atoms with Crippen molar-refractivity contribution in [3.8, 4) is 0 Å². The second-order valence-electron chi connectivity index (χ2n) is 5.16. The number of hydrogen-bond donors (Lipinski definition) is 6. The zero-order valence-electron chi connectivity index (χ0n) is 13.1. The highest BCUT2D eigenvalue weighted by Gasteiger charge is 2.28. The SMILES string of the molecule is CC(CC(=O)NC(CC(=O)O)C(=O)O)C(=O)NC(CC(=O)O)C(=O)O. The molecule has 0 saturated carbocycles. The van der Waals surface area contributed by atoms with Crippen LogP contribution in [-0.2, 0) is 28.8 Å². The lowest BCUT2D eigenvalue weighted by molar-refractivity contribution is -0.148. The summed E-state index contributed by atoms with van der Waals surface area (Å²) < 4.78 is 0. The van der Waals surface area contributed by atoms with Crippen LogP contribution in [0.2, 0.25) is 0 Å². The van der Waals surface area contributed by atoms with Gasteiger partial charge in [0, 0.05) is 12.3 Å². The van der Waals surface area contributed by atoms with Crippen LogP contribution in [0.3, 0.4) is 0 Å². The largest absolute Gasteiger partial charge is 0.481 e. The van der Waals surface area contributed by atoms with Crippen molar-refractivity contribution in [2.24, 2.45) is 5.92 Å². The van der Waals surface area contributed by atoms with Crippen LogP contribution in [0, 0.1) is 5.92 Å². The van der Waals surface area contributed by atoms with Crippen LogP contribution >= 0.6 is 0 Å². The van der Waals surface area contributed by atoms with Crippen LogP contribution in [0.1, 0.15) is 26.2 Å². The van der Waals surface area contributed by atoms with Gasteiger partial charge in [0.15, 0.2) is 0 Å². The van der Waals surface area contributed by atoms with Gasteiger partial charge < -0.3 is 31.1 Å². The summed E-state index contributed by atoms with van der Waals surface area (Å²) in [5.74, 6) is -8.99. The first kappa shape index (κ1) is 21.8. The lowest BCUT2D eigenvalue weighted by Crippen LogP contribution is -2.46. The molecule has 25 heavy (non-hydrogen) atoms. The van der Waals surface area contributed by atoms with E-state index in [9.17, 15) is 28.8 Å². The molecule has 0 aromatic heterocycles. The molecule has 0 aliphatic heterocycles. The third kappa shape index (κ3) is 8.88. The van der Waals surface area contributed by atoms with E-state index in [4.69, 9.17) is 20.4 Å². The zero-order valence-corrected chi connectivity index (χ0v) is 13.1. The molecule has 140 valence electrons. The predicted octanol–water partition coefficient (Wildman–Crippen LogP) is -1.90. The van der Waals surface area contributed by atoms with Crippen molar-refractivity contribution >= 4 is 35.7 Å².